The summed E-state index contributed by atoms with van der Waals surface area (Å²) in [6, 6.07) is 7.66. The van der Waals surface area contributed by atoms with Crippen LogP contribution in [0.2, 0.25) is 5.02 Å². The topological polar surface area (TPSA) is 76.4 Å². The summed E-state index contributed by atoms with van der Waals surface area (Å²) in [6.07, 6.45) is 1.92. The van der Waals surface area contributed by atoms with Gasteiger partial charge in [-0.1, -0.05) is 25.4 Å². The molecule has 0 aliphatic carbocycles. The predicted octanol–water partition coefficient (Wildman–Crippen LogP) is 3.62. The highest BCUT2D eigenvalue weighted by Crippen LogP contribution is 2.18. The predicted molar refractivity (Wildman–Crippen MR) is 128 cm³/mol. The summed E-state index contributed by atoms with van der Waals surface area (Å²) in [5.74, 6) is 3.92. The monoisotopic (exact) mass is 532 g/mol. The number of halogens is 2. The van der Waals surface area contributed by atoms with Crippen LogP contribution in [0.5, 0.6) is 5.75 Å². The Bertz CT molecular complexity index is 808. The van der Waals surface area contributed by atoms with Gasteiger partial charge in [-0.25, -0.2) is 9.67 Å². The van der Waals surface area contributed by atoms with Gasteiger partial charge in [-0.2, -0.15) is 5.10 Å². The standard InChI is InChI=1S/C20H29ClN6O.HI/c1-13(2)19-25-18-10-7-16(12-27(18)26-19)24-20(22-4)23-11-14(3)28-17-8-5-15(21)6-9-17;/h5-6,8-9,13-14,16H,7,10-12H2,1-4H3,(H2,22,23,24);1H. The minimum Gasteiger partial charge on any atom is -0.489 e. The number of rotatable bonds is 6. The average Bonchev–Trinajstić information content (AvgIpc) is 3.10. The number of aromatic nitrogens is 3. The Labute approximate surface area is 194 Å². The average molecular weight is 533 g/mol. The van der Waals surface area contributed by atoms with E-state index in [2.05, 4.69) is 39.6 Å². The Hall–Kier alpha value is -1.55. The Morgan fingerprint density at radius 2 is 2.03 bits per heavy atom. The summed E-state index contributed by atoms with van der Waals surface area (Å²) in [5.41, 5.74) is 0. The molecule has 29 heavy (non-hydrogen) atoms. The molecule has 1 aliphatic heterocycles. The van der Waals surface area contributed by atoms with Gasteiger partial charge in [-0.05, 0) is 37.6 Å². The molecule has 1 aromatic carbocycles. The van der Waals surface area contributed by atoms with E-state index in [1.807, 2.05) is 35.9 Å². The number of benzene rings is 1. The number of nitrogens with one attached hydrogen (secondary N) is 2. The molecule has 2 atom stereocenters. The van der Waals surface area contributed by atoms with E-state index in [0.29, 0.717) is 17.5 Å². The van der Waals surface area contributed by atoms with Gasteiger partial charge < -0.3 is 15.4 Å². The normalized spacial score (nSPS) is 17.3. The van der Waals surface area contributed by atoms with Crippen molar-refractivity contribution in [1.29, 1.82) is 0 Å². The van der Waals surface area contributed by atoms with Crippen molar-refractivity contribution >= 4 is 41.5 Å². The van der Waals surface area contributed by atoms with Gasteiger partial charge in [0.1, 0.15) is 17.7 Å². The van der Waals surface area contributed by atoms with Crippen LogP contribution in [-0.2, 0) is 13.0 Å². The SMILES string of the molecule is CN=C(NCC(C)Oc1ccc(Cl)cc1)NC1CCc2nc(C(C)C)nn2C1.I. The molecule has 0 spiro atoms. The van der Waals surface area contributed by atoms with Crippen molar-refractivity contribution in [1.82, 2.24) is 25.4 Å². The number of aryl methyl sites for hydroxylation is 1. The molecule has 3 rings (SSSR count). The molecule has 2 aromatic rings. The molecule has 1 aliphatic rings. The summed E-state index contributed by atoms with van der Waals surface area (Å²) in [5, 5.41) is 12.2. The van der Waals surface area contributed by atoms with Gasteiger partial charge in [0, 0.05) is 30.5 Å². The third-order valence-corrected chi connectivity index (χ3v) is 4.92. The van der Waals surface area contributed by atoms with E-state index >= 15 is 0 Å². The van der Waals surface area contributed by atoms with Gasteiger partial charge in [0.05, 0.1) is 13.1 Å². The number of hydrogen-bond acceptors (Lipinski definition) is 4. The van der Waals surface area contributed by atoms with Crippen LogP contribution in [0, 0.1) is 0 Å². The molecule has 0 amide bonds. The highest BCUT2D eigenvalue weighted by molar-refractivity contribution is 14.0. The molecule has 0 saturated heterocycles. The molecule has 0 bridgehead atoms. The Kier molecular flexibility index (Phi) is 9.01. The third-order valence-electron chi connectivity index (χ3n) is 4.66. The van der Waals surface area contributed by atoms with Gasteiger partial charge >= 0.3 is 0 Å². The molecule has 0 radical (unpaired) electrons. The van der Waals surface area contributed by atoms with E-state index < -0.39 is 0 Å². The van der Waals surface area contributed by atoms with Crippen molar-refractivity contribution in [3.8, 4) is 5.75 Å². The summed E-state index contributed by atoms with van der Waals surface area (Å²) in [7, 11) is 1.78. The lowest BCUT2D eigenvalue weighted by molar-refractivity contribution is 0.223. The first-order valence-corrected chi connectivity index (χ1v) is 10.2. The quantitative estimate of drug-likeness (QED) is 0.338. The van der Waals surface area contributed by atoms with E-state index in [0.717, 1.165) is 42.7 Å². The minimum atomic E-state index is -0.0124. The molecule has 160 valence electrons. The Morgan fingerprint density at radius 3 is 2.69 bits per heavy atom. The lowest BCUT2D eigenvalue weighted by Crippen LogP contribution is -2.48. The van der Waals surface area contributed by atoms with Crippen LogP contribution in [0.3, 0.4) is 0 Å². The molecule has 0 saturated carbocycles. The van der Waals surface area contributed by atoms with Crippen molar-refractivity contribution in [3.63, 3.8) is 0 Å². The van der Waals surface area contributed by atoms with Crippen LogP contribution in [-0.4, -0.2) is 46.5 Å². The molecule has 9 heteroatoms. The van der Waals surface area contributed by atoms with Crippen molar-refractivity contribution in [2.75, 3.05) is 13.6 Å². The second-order valence-corrected chi connectivity index (χ2v) is 7.87. The molecule has 2 unspecified atom stereocenters. The van der Waals surface area contributed by atoms with E-state index in [9.17, 15) is 0 Å². The molecule has 2 N–H and O–H groups in total. The summed E-state index contributed by atoms with van der Waals surface area (Å²) < 4.78 is 7.92. The fourth-order valence-corrected chi connectivity index (χ4v) is 3.23. The lowest BCUT2D eigenvalue weighted by Gasteiger charge is -2.26. The highest BCUT2D eigenvalue weighted by atomic mass is 127. The van der Waals surface area contributed by atoms with E-state index in [4.69, 9.17) is 16.3 Å². The second kappa shape index (κ2) is 11.0. The smallest absolute Gasteiger partial charge is 0.191 e. The molecule has 0 fully saturated rings. The van der Waals surface area contributed by atoms with Crippen molar-refractivity contribution in [2.24, 2.45) is 4.99 Å². The Morgan fingerprint density at radius 1 is 1.31 bits per heavy atom. The van der Waals surface area contributed by atoms with Crippen LogP contribution >= 0.6 is 35.6 Å². The Balaban J connectivity index is 0.00000300. The van der Waals surface area contributed by atoms with E-state index in [1.165, 1.54) is 0 Å². The number of ether oxygens (including phenoxy) is 1. The zero-order chi connectivity index (χ0) is 20.1. The van der Waals surface area contributed by atoms with E-state index in [-0.39, 0.29) is 36.1 Å². The zero-order valence-electron chi connectivity index (χ0n) is 17.4. The number of fused-ring (bicyclic) bond motifs is 1. The van der Waals surface area contributed by atoms with Gasteiger partial charge in [0.25, 0.3) is 0 Å². The van der Waals surface area contributed by atoms with Gasteiger partial charge in [0.2, 0.25) is 0 Å². The number of guanidine groups is 1. The summed E-state index contributed by atoms with van der Waals surface area (Å²) >= 11 is 5.91. The van der Waals surface area contributed by atoms with Crippen LogP contribution in [0.25, 0.3) is 0 Å². The summed E-state index contributed by atoms with van der Waals surface area (Å²) in [6.45, 7) is 7.70. The largest absolute Gasteiger partial charge is 0.489 e. The molecule has 2 heterocycles. The third kappa shape index (κ3) is 6.74. The fraction of sp³-hybridized carbons (Fsp3) is 0.550. The number of nitrogens with zero attached hydrogens (tertiary/aromatic N) is 4. The first-order valence-electron chi connectivity index (χ1n) is 9.77. The second-order valence-electron chi connectivity index (χ2n) is 7.44. The van der Waals surface area contributed by atoms with Gasteiger partial charge in [0.15, 0.2) is 11.8 Å². The molecule has 7 nitrogen and oxygen atoms in total. The van der Waals surface area contributed by atoms with Crippen molar-refractivity contribution in [2.45, 2.75) is 58.2 Å². The van der Waals surface area contributed by atoms with Crippen LogP contribution in [0.1, 0.15) is 44.8 Å². The lowest BCUT2D eigenvalue weighted by atomic mass is 10.1. The fourth-order valence-electron chi connectivity index (χ4n) is 3.11. The number of hydrogen-bond donors (Lipinski definition) is 2. The molecular formula is C20H30ClIN6O. The van der Waals surface area contributed by atoms with Crippen LogP contribution in [0.4, 0.5) is 0 Å². The summed E-state index contributed by atoms with van der Waals surface area (Å²) in [4.78, 5) is 8.98. The first-order chi connectivity index (χ1) is 13.4. The van der Waals surface area contributed by atoms with Crippen molar-refractivity contribution < 1.29 is 4.74 Å². The number of aliphatic imine (C=N–C) groups is 1. The highest BCUT2D eigenvalue weighted by Gasteiger charge is 2.23. The molecular weight excluding hydrogens is 503 g/mol. The van der Waals surface area contributed by atoms with Gasteiger partial charge in [-0.15, -0.1) is 24.0 Å². The van der Waals surface area contributed by atoms with Crippen molar-refractivity contribution in [3.05, 3.63) is 40.9 Å². The van der Waals surface area contributed by atoms with Crippen LogP contribution < -0.4 is 15.4 Å². The zero-order valence-corrected chi connectivity index (χ0v) is 20.4. The first kappa shape index (κ1) is 23.7. The van der Waals surface area contributed by atoms with E-state index in [1.54, 1.807) is 7.05 Å². The maximum absolute atomic E-state index is 5.91. The minimum absolute atomic E-state index is 0. The van der Waals surface area contributed by atoms with Crippen LogP contribution in [0.15, 0.2) is 29.3 Å². The maximum atomic E-state index is 5.91. The maximum Gasteiger partial charge on any atom is 0.191 e. The molecule has 1 aromatic heterocycles. The van der Waals surface area contributed by atoms with Gasteiger partial charge in [-0.3, -0.25) is 4.99 Å².